The zero-order chi connectivity index (χ0) is 10.9. The molecular weight excluding hydrogens is 205 g/mol. The minimum absolute atomic E-state index is 0.821. The smallest absolute Gasteiger partial charge is 0.449 e. The fraction of sp³-hybridized carbons (Fsp3) is 0.333. The van der Waals surface area contributed by atoms with E-state index >= 15 is 0 Å². The van der Waals surface area contributed by atoms with Crippen molar-refractivity contribution < 1.29 is 27.8 Å². The molecule has 1 heterocycles. The average molecular weight is 210 g/mol. The second-order valence-electron chi connectivity index (χ2n) is 2.38. The van der Waals surface area contributed by atoms with Crippen molar-refractivity contribution in [2.24, 2.45) is 7.05 Å². The predicted molar refractivity (Wildman–Crippen MR) is 36.9 cm³/mol. The van der Waals surface area contributed by atoms with Crippen LogP contribution >= 0.6 is 0 Å². The Morgan fingerprint density at radius 2 is 2.21 bits per heavy atom. The van der Waals surface area contributed by atoms with Gasteiger partial charge in [-0.15, -0.1) is 0 Å². The van der Waals surface area contributed by atoms with Gasteiger partial charge in [0, 0.05) is 7.05 Å². The van der Waals surface area contributed by atoms with Crippen LogP contribution in [0.5, 0.6) is 5.75 Å². The van der Waals surface area contributed by atoms with Crippen LogP contribution in [0.3, 0.4) is 0 Å². The summed E-state index contributed by atoms with van der Waals surface area (Å²) in [5, 5.41) is 11.2. The van der Waals surface area contributed by atoms with Gasteiger partial charge in [-0.25, -0.2) is 4.79 Å². The molecule has 0 fully saturated rings. The number of hydrogen-bond acceptors (Lipinski definition) is 3. The molecule has 0 aliphatic heterocycles. The molecule has 14 heavy (non-hydrogen) atoms. The molecule has 78 valence electrons. The molecule has 0 radical (unpaired) electrons. The first-order valence-electron chi connectivity index (χ1n) is 3.32. The molecule has 0 aromatic carbocycles. The van der Waals surface area contributed by atoms with E-state index in [0.29, 0.717) is 0 Å². The van der Waals surface area contributed by atoms with Crippen molar-refractivity contribution in [1.82, 2.24) is 9.78 Å². The van der Waals surface area contributed by atoms with Crippen LogP contribution in [0.2, 0.25) is 0 Å². The monoisotopic (exact) mass is 210 g/mol. The van der Waals surface area contributed by atoms with Crippen LogP contribution in [0.25, 0.3) is 0 Å². The van der Waals surface area contributed by atoms with Crippen molar-refractivity contribution in [3.05, 3.63) is 11.9 Å². The third-order valence-corrected chi connectivity index (χ3v) is 1.26. The van der Waals surface area contributed by atoms with E-state index < -0.39 is 23.8 Å². The van der Waals surface area contributed by atoms with Crippen LogP contribution in [0.15, 0.2) is 6.20 Å². The van der Waals surface area contributed by atoms with Crippen molar-refractivity contribution in [1.29, 1.82) is 0 Å². The van der Waals surface area contributed by atoms with Crippen molar-refractivity contribution in [2.75, 3.05) is 0 Å². The Labute approximate surface area is 75.7 Å². The number of halogens is 3. The number of alkyl halides is 3. The molecule has 0 saturated heterocycles. The van der Waals surface area contributed by atoms with E-state index in [4.69, 9.17) is 5.11 Å². The molecule has 8 heteroatoms. The van der Waals surface area contributed by atoms with Gasteiger partial charge >= 0.3 is 12.3 Å². The first-order valence-corrected chi connectivity index (χ1v) is 3.32. The summed E-state index contributed by atoms with van der Waals surface area (Å²) in [4.78, 5) is 10.0. The van der Waals surface area contributed by atoms with Gasteiger partial charge in [-0.2, -0.15) is 18.3 Å². The van der Waals surface area contributed by atoms with Crippen LogP contribution in [0.1, 0.15) is 5.69 Å². The molecule has 0 unspecified atom stereocenters. The highest BCUT2D eigenvalue weighted by Gasteiger charge is 2.38. The lowest BCUT2D eigenvalue weighted by molar-refractivity contribution is -0.142. The van der Waals surface area contributed by atoms with Crippen LogP contribution in [-0.4, -0.2) is 21.0 Å². The summed E-state index contributed by atoms with van der Waals surface area (Å²) in [5.74, 6) is -0.826. The number of aryl methyl sites for hydroxylation is 1. The zero-order valence-corrected chi connectivity index (χ0v) is 6.87. The topological polar surface area (TPSA) is 64.3 Å². The Bertz CT molecular complexity index is 358. The quantitative estimate of drug-likeness (QED) is 0.713. The van der Waals surface area contributed by atoms with Crippen molar-refractivity contribution >= 4 is 6.16 Å². The number of ether oxygens (including phenoxy) is 1. The summed E-state index contributed by atoms with van der Waals surface area (Å²) in [6, 6.07) is 0. The van der Waals surface area contributed by atoms with Crippen LogP contribution in [0.4, 0.5) is 18.0 Å². The third kappa shape index (κ3) is 2.15. The summed E-state index contributed by atoms with van der Waals surface area (Å²) >= 11 is 0. The summed E-state index contributed by atoms with van der Waals surface area (Å²) in [5.41, 5.74) is -1.36. The Hall–Kier alpha value is -1.73. The highest BCUT2D eigenvalue weighted by molar-refractivity contribution is 5.61. The Morgan fingerprint density at radius 1 is 1.64 bits per heavy atom. The van der Waals surface area contributed by atoms with Gasteiger partial charge in [0.1, 0.15) is 0 Å². The van der Waals surface area contributed by atoms with E-state index in [1.54, 1.807) is 0 Å². The lowest BCUT2D eigenvalue weighted by atomic mass is 10.4. The molecule has 0 aliphatic rings. The SMILES string of the molecule is Cn1cc(OC(=O)O)c(C(F)(F)F)n1. The molecule has 1 aromatic heterocycles. The third-order valence-electron chi connectivity index (χ3n) is 1.26. The van der Waals surface area contributed by atoms with Gasteiger partial charge < -0.3 is 9.84 Å². The molecule has 0 atom stereocenters. The number of hydrogen-bond donors (Lipinski definition) is 1. The normalized spacial score (nSPS) is 11.4. The van der Waals surface area contributed by atoms with Crippen LogP contribution < -0.4 is 4.74 Å². The molecule has 5 nitrogen and oxygen atoms in total. The first-order chi connectivity index (χ1) is 6.30. The van der Waals surface area contributed by atoms with Crippen LogP contribution in [0, 0.1) is 0 Å². The lowest BCUT2D eigenvalue weighted by Gasteiger charge is -2.03. The minimum Gasteiger partial charge on any atom is -0.449 e. The van der Waals surface area contributed by atoms with Gasteiger partial charge in [-0.1, -0.05) is 0 Å². The van der Waals surface area contributed by atoms with Crippen molar-refractivity contribution in [3.8, 4) is 5.75 Å². The number of carboxylic acid groups (broad SMARTS) is 1. The van der Waals surface area contributed by atoms with E-state index in [0.717, 1.165) is 10.9 Å². The Kier molecular flexibility index (Phi) is 2.37. The maximum atomic E-state index is 12.2. The average Bonchev–Trinajstić information content (AvgIpc) is 2.28. The van der Waals surface area contributed by atoms with E-state index in [2.05, 4.69) is 9.84 Å². The lowest BCUT2D eigenvalue weighted by Crippen LogP contribution is -2.11. The van der Waals surface area contributed by atoms with Gasteiger partial charge in [0.25, 0.3) is 0 Å². The molecule has 0 amide bonds. The maximum absolute atomic E-state index is 12.2. The predicted octanol–water partition coefficient (Wildman–Crippen LogP) is 1.50. The van der Waals surface area contributed by atoms with Gasteiger partial charge in [0.05, 0.1) is 6.20 Å². The number of nitrogens with zero attached hydrogens (tertiary/aromatic N) is 2. The molecule has 1 N–H and O–H groups in total. The van der Waals surface area contributed by atoms with E-state index in [9.17, 15) is 18.0 Å². The number of aromatic nitrogens is 2. The number of rotatable bonds is 1. The highest BCUT2D eigenvalue weighted by Crippen LogP contribution is 2.34. The zero-order valence-electron chi connectivity index (χ0n) is 6.87. The first kappa shape index (κ1) is 10.4. The fourth-order valence-corrected chi connectivity index (χ4v) is 0.832. The van der Waals surface area contributed by atoms with Crippen molar-refractivity contribution in [3.63, 3.8) is 0 Å². The standard InChI is InChI=1S/C6H5F3N2O3/c1-11-2-3(14-5(12)13)4(10-11)6(7,8)9/h2H,1H3,(H,12,13). The van der Waals surface area contributed by atoms with Crippen molar-refractivity contribution in [2.45, 2.75) is 6.18 Å². The largest absolute Gasteiger partial charge is 0.511 e. The molecule has 0 spiro atoms. The van der Waals surface area contributed by atoms with Crippen LogP contribution in [-0.2, 0) is 13.2 Å². The fourth-order valence-electron chi connectivity index (χ4n) is 0.832. The summed E-state index contributed by atoms with van der Waals surface area (Å²) < 4.78 is 41.2. The van der Waals surface area contributed by atoms with E-state index in [1.807, 2.05) is 0 Å². The molecule has 1 aromatic rings. The van der Waals surface area contributed by atoms with E-state index in [-0.39, 0.29) is 0 Å². The summed E-state index contributed by atoms with van der Waals surface area (Å²) in [6.07, 6.45) is -5.72. The second-order valence-corrected chi connectivity index (χ2v) is 2.38. The van der Waals surface area contributed by atoms with Gasteiger partial charge in [0.15, 0.2) is 5.75 Å². The van der Waals surface area contributed by atoms with E-state index in [1.165, 1.54) is 7.05 Å². The number of carbonyl (C=O) groups is 1. The van der Waals surface area contributed by atoms with Gasteiger partial charge in [-0.3, -0.25) is 4.68 Å². The molecule has 0 aliphatic carbocycles. The molecule has 0 saturated carbocycles. The second kappa shape index (κ2) is 3.20. The highest BCUT2D eigenvalue weighted by atomic mass is 19.4. The molecule has 1 rings (SSSR count). The molecular formula is C6H5F3N2O3. The summed E-state index contributed by atoms with van der Waals surface area (Å²) in [6.45, 7) is 0. The summed E-state index contributed by atoms with van der Waals surface area (Å²) in [7, 11) is 1.23. The van der Waals surface area contributed by atoms with Gasteiger partial charge in [-0.05, 0) is 0 Å². The minimum atomic E-state index is -4.73. The van der Waals surface area contributed by atoms with Gasteiger partial charge in [0.2, 0.25) is 5.69 Å². The molecule has 0 bridgehead atoms. The Morgan fingerprint density at radius 3 is 2.64 bits per heavy atom. The maximum Gasteiger partial charge on any atom is 0.511 e. The Balaban J connectivity index is 3.09.